The van der Waals surface area contributed by atoms with Crippen LogP contribution in [0.3, 0.4) is 0 Å². The molecule has 0 bridgehead atoms. The van der Waals surface area contributed by atoms with Crippen molar-refractivity contribution in [2.45, 2.75) is 31.8 Å². The van der Waals surface area contributed by atoms with E-state index in [1.165, 1.54) is 25.7 Å². The lowest BCUT2D eigenvalue weighted by Gasteiger charge is -2.34. The fraction of sp³-hybridized carbons (Fsp3) is 0.909. The maximum absolute atomic E-state index is 5.82. The molecule has 4 heteroatoms. The van der Waals surface area contributed by atoms with Crippen molar-refractivity contribution >= 4 is 17.4 Å². The molecule has 0 amide bonds. The van der Waals surface area contributed by atoms with Gasteiger partial charge in [-0.2, -0.15) is 0 Å². The second-order valence-corrected chi connectivity index (χ2v) is 4.93. The van der Waals surface area contributed by atoms with Crippen molar-refractivity contribution in [3.63, 3.8) is 0 Å². The topological polar surface area (TPSA) is 15.7 Å². The first-order valence-electron chi connectivity index (χ1n) is 5.90. The van der Waals surface area contributed by atoms with Crippen LogP contribution in [0, 0.1) is 0 Å². The van der Waals surface area contributed by atoms with E-state index in [2.05, 4.69) is 16.8 Å². The average molecular weight is 228 g/mol. The molecule has 1 aliphatic heterocycles. The Balaban J connectivity index is 1.75. The molecule has 0 atom stereocenters. The van der Waals surface area contributed by atoms with E-state index in [1.807, 2.05) is 0 Å². The summed E-state index contributed by atoms with van der Waals surface area (Å²) in [5.74, 6) is 0. The highest BCUT2D eigenvalue weighted by Crippen LogP contribution is 2.21. The summed E-state index contributed by atoms with van der Waals surface area (Å²) < 4.78 is 5.82. The van der Waals surface area contributed by atoms with E-state index in [9.17, 15) is 0 Å². The number of rotatable bonds is 1. The minimum Gasteiger partial charge on any atom is -0.468 e. The Morgan fingerprint density at radius 1 is 1.13 bits per heavy atom. The zero-order valence-corrected chi connectivity index (χ0v) is 10.3. The summed E-state index contributed by atoms with van der Waals surface area (Å²) in [7, 11) is 2.15. The number of nitrogens with zero attached hydrogens (tertiary/aromatic N) is 2. The quantitative estimate of drug-likeness (QED) is 0.631. The molecule has 2 fully saturated rings. The molecule has 15 heavy (non-hydrogen) atoms. The van der Waals surface area contributed by atoms with Crippen LogP contribution in [0.25, 0.3) is 0 Å². The molecule has 0 aromatic carbocycles. The molecule has 2 rings (SSSR count). The van der Waals surface area contributed by atoms with Gasteiger partial charge in [-0.05, 0) is 44.9 Å². The Morgan fingerprint density at radius 2 is 1.73 bits per heavy atom. The van der Waals surface area contributed by atoms with Gasteiger partial charge in [0.2, 0.25) is 0 Å². The summed E-state index contributed by atoms with van der Waals surface area (Å²) in [5, 5.41) is 0.731. The number of thiocarbonyl (C=S) groups is 1. The number of hydrogen-bond donors (Lipinski definition) is 0. The van der Waals surface area contributed by atoms with Gasteiger partial charge in [0.25, 0.3) is 5.17 Å². The number of piperazine rings is 1. The Hall–Kier alpha value is -0.350. The predicted octanol–water partition coefficient (Wildman–Crippen LogP) is 1.48. The fourth-order valence-corrected chi connectivity index (χ4v) is 2.53. The maximum Gasteiger partial charge on any atom is 0.259 e. The lowest BCUT2D eigenvalue weighted by molar-refractivity contribution is 0.135. The third-order valence-electron chi connectivity index (χ3n) is 3.33. The molecule has 0 aromatic rings. The number of ether oxygens (including phenoxy) is 1. The largest absolute Gasteiger partial charge is 0.468 e. The van der Waals surface area contributed by atoms with Gasteiger partial charge >= 0.3 is 0 Å². The summed E-state index contributed by atoms with van der Waals surface area (Å²) in [6.07, 6.45) is 5.38. The highest BCUT2D eigenvalue weighted by molar-refractivity contribution is 7.80. The zero-order valence-electron chi connectivity index (χ0n) is 9.45. The first kappa shape index (κ1) is 11.1. The van der Waals surface area contributed by atoms with Crippen LogP contribution in [0.5, 0.6) is 0 Å². The number of hydrogen-bond acceptors (Lipinski definition) is 3. The first-order valence-corrected chi connectivity index (χ1v) is 6.30. The molecule has 0 N–H and O–H groups in total. The maximum atomic E-state index is 5.82. The minimum atomic E-state index is 0.400. The molecule has 0 spiro atoms. The van der Waals surface area contributed by atoms with E-state index in [-0.39, 0.29) is 0 Å². The van der Waals surface area contributed by atoms with Gasteiger partial charge in [0.1, 0.15) is 6.10 Å². The normalized spacial score (nSPS) is 24.5. The first-order chi connectivity index (χ1) is 7.25. The van der Waals surface area contributed by atoms with Crippen molar-refractivity contribution in [1.82, 2.24) is 9.80 Å². The molecular formula is C11H20N2OS. The summed E-state index contributed by atoms with van der Waals surface area (Å²) in [4.78, 5) is 4.53. The molecule has 86 valence electrons. The Morgan fingerprint density at radius 3 is 2.33 bits per heavy atom. The smallest absolute Gasteiger partial charge is 0.259 e. The van der Waals surface area contributed by atoms with E-state index < -0.39 is 0 Å². The standard InChI is InChI=1S/C11H20N2OS/c1-12-6-8-13(9-7-12)11(15)14-10-4-2-3-5-10/h10H,2-9H2,1H3. The van der Waals surface area contributed by atoms with E-state index in [1.54, 1.807) is 0 Å². The van der Waals surface area contributed by atoms with E-state index in [0.29, 0.717) is 6.10 Å². The molecule has 0 radical (unpaired) electrons. The van der Waals surface area contributed by atoms with Crippen LogP contribution in [0.2, 0.25) is 0 Å². The van der Waals surface area contributed by atoms with Crippen molar-refractivity contribution < 1.29 is 4.74 Å². The van der Waals surface area contributed by atoms with Gasteiger partial charge < -0.3 is 14.5 Å². The summed E-state index contributed by atoms with van der Waals surface area (Å²) in [6.45, 7) is 4.21. The van der Waals surface area contributed by atoms with Crippen molar-refractivity contribution in [2.24, 2.45) is 0 Å². The summed E-state index contributed by atoms with van der Waals surface area (Å²) in [5.41, 5.74) is 0. The monoisotopic (exact) mass is 228 g/mol. The van der Waals surface area contributed by atoms with Crippen LogP contribution in [0.15, 0.2) is 0 Å². The van der Waals surface area contributed by atoms with Crippen LogP contribution in [-0.4, -0.2) is 54.3 Å². The molecule has 1 heterocycles. The van der Waals surface area contributed by atoms with E-state index in [4.69, 9.17) is 17.0 Å². The second kappa shape index (κ2) is 5.12. The molecule has 3 nitrogen and oxygen atoms in total. The third-order valence-corrected chi connectivity index (χ3v) is 3.69. The van der Waals surface area contributed by atoms with Crippen molar-refractivity contribution in [3.05, 3.63) is 0 Å². The Labute approximate surface area is 97.4 Å². The van der Waals surface area contributed by atoms with Gasteiger partial charge in [-0.3, -0.25) is 0 Å². The van der Waals surface area contributed by atoms with Gasteiger partial charge in [0.15, 0.2) is 0 Å². The van der Waals surface area contributed by atoms with E-state index in [0.717, 1.165) is 31.4 Å². The molecule has 1 saturated heterocycles. The van der Waals surface area contributed by atoms with E-state index >= 15 is 0 Å². The Kier molecular flexibility index (Phi) is 3.81. The fourth-order valence-electron chi connectivity index (χ4n) is 2.21. The van der Waals surface area contributed by atoms with Gasteiger partial charge in [-0.1, -0.05) is 0 Å². The lowest BCUT2D eigenvalue weighted by Crippen LogP contribution is -2.47. The molecular weight excluding hydrogens is 208 g/mol. The van der Waals surface area contributed by atoms with Crippen LogP contribution < -0.4 is 0 Å². The van der Waals surface area contributed by atoms with Gasteiger partial charge in [0.05, 0.1) is 0 Å². The molecule has 0 aromatic heterocycles. The summed E-state index contributed by atoms with van der Waals surface area (Å²) >= 11 is 5.33. The zero-order chi connectivity index (χ0) is 10.7. The van der Waals surface area contributed by atoms with Crippen LogP contribution >= 0.6 is 12.2 Å². The Bertz CT molecular complexity index is 221. The van der Waals surface area contributed by atoms with Gasteiger partial charge in [0, 0.05) is 26.2 Å². The average Bonchev–Trinajstić information content (AvgIpc) is 2.71. The highest BCUT2D eigenvalue weighted by Gasteiger charge is 2.22. The van der Waals surface area contributed by atoms with Crippen LogP contribution in [-0.2, 0) is 4.74 Å². The van der Waals surface area contributed by atoms with Crippen molar-refractivity contribution in [2.75, 3.05) is 33.2 Å². The third kappa shape index (κ3) is 3.05. The molecule has 1 aliphatic carbocycles. The van der Waals surface area contributed by atoms with Crippen LogP contribution in [0.1, 0.15) is 25.7 Å². The molecule has 1 saturated carbocycles. The molecule has 0 unspecified atom stereocenters. The number of likely N-dealkylation sites (N-methyl/N-ethyl adjacent to an activating group) is 1. The van der Waals surface area contributed by atoms with Crippen molar-refractivity contribution in [1.29, 1.82) is 0 Å². The van der Waals surface area contributed by atoms with Crippen LogP contribution in [0.4, 0.5) is 0 Å². The predicted molar refractivity (Wildman–Crippen MR) is 65.0 cm³/mol. The minimum absolute atomic E-state index is 0.400. The van der Waals surface area contributed by atoms with Crippen molar-refractivity contribution in [3.8, 4) is 0 Å². The van der Waals surface area contributed by atoms with Gasteiger partial charge in [-0.15, -0.1) is 0 Å². The molecule has 2 aliphatic rings. The van der Waals surface area contributed by atoms with Gasteiger partial charge in [-0.25, -0.2) is 0 Å². The summed E-state index contributed by atoms with van der Waals surface area (Å²) in [6, 6.07) is 0. The second-order valence-electron chi connectivity index (χ2n) is 4.58. The lowest BCUT2D eigenvalue weighted by atomic mass is 10.3. The SMILES string of the molecule is CN1CCN(C(=S)OC2CCCC2)CC1. The highest BCUT2D eigenvalue weighted by atomic mass is 32.1.